The van der Waals surface area contributed by atoms with E-state index in [0.29, 0.717) is 35.7 Å². The SMILES string of the molecule is CCc1cc(N2CCN(C)C[C@@H]2C)ccc1Nc1ncc(C(F)(F)F)c(-c2cc3c(s2)C(=O)N(C)CCS3(=O)=O)n1. The number of carbonyl (C=O) groups excluding carboxylic acids is 1. The first-order valence-corrected chi connectivity index (χ1v) is 15.7. The molecule has 0 unspecified atom stereocenters. The van der Waals surface area contributed by atoms with Gasteiger partial charge in [-0.2, -0.15) is 13.2 Å². The standard InChI is InChI=1S/C27H31F3N6O3S2/c1-5-17-12-18(36-9-8-34(3)15-16(36)2)6-7-20(17)32-26-31-14-19(27(28,29)30)23(33-26)21-13-22-24(40-21)25(37)35(4)10-11-41(22,38)39/h6-7,12-14,16H,5,8-11,15H2,1-4H3,(H,31,32,33)/t16-/m0/s1. The third-order valence-electron chi connectivity index (χ3n) is 7.48. The maximum Gasteiger partial charge on any atom is 0.420 e. The molecule has 0 bridgehead atoms. The van der Waals surface area contributed by atoms with Crippen molar-refractivity contribution in [2.75, 3.05) is 56.2 Å². The first-order valence-electron chi connectivity index (χ1n) is 13.2. The zero-order valence-electron chi connectivity index (χ0n) is 23.1. The van der Waals surface area contributed by atoms with E-state index in [1.165, 1.54) is 11.9 Å². The van der Waals surface area contributed by atoms with Crippen LogP contribution in [0.3, 0.4) is 0 Å². The van der Waals surface area contributed by atoms with E-state index in [0.717, 1.165) is 37.0 Å². The highest BCUT2D eigenvalue weighted by molar-refractivity contribution is 7.91. The van der Waals surface area contributed by atoms with E-state index in [2.05, 4.69) is 45.1 Å². The molecule has 14 heteroatoms. The molecule has 1 fully saturated rings. The Morgan fingerprint density at radius 2 is 1.90 bits per heavy atom. The van der Waals surface area contributed by atoms with Crippen LogP contribution in [0.5, 0.6) is 0 Å². The molecule has 2 aliphatic rings. The summed E-state index contributed by atoms with van der Waals surface area (Å²) in [5, 5.41) is 3.06. The number of benzene rings is 1. The highest BCUT2D eigenvalue weighted by Gasteiger charge is 2.38. The fraction of sp³-hybridized carbons (Fsp3) is 0.444. The van der Waals surface area contributed by atoms with E-state index in [4.69, 9.17) is 0 Å². The number of hydrogen-bond donors (Lipinski definition) is 1. The lowest BCUT2D eigenvalue weighted by atomic mass is 10.1. The van der Waals surface area contributed by atoms with Crippen LogP contribution in [0, 0.1) is 0 Å². The summed E-state index contributed by atoms with van der Waals surface area (Å²) in [4.78, 5) is 26.4. The fourth-order valence-corrected chi connectivity index (χ4v) is 8.20. The maximum absolute atomic E-state index is 14.0. The van der Waals surface area contributed by atoms with Crippen LogP contribution >= 0.6 is 11.3 Å². The van der Waals surface area contributed by atoms with Crippen LogP contribution in [0.2, 0.25) is 0 Å². The number of amides is 1. The van der Waals surface area contributed by atoms with Gasteiger partial charge >= 0.3 is 6.18 Å². The Kier molecular flexibility index (Phi) is 7.76. The Labute approximate surface area is 240 Å². The van der Waals surface area contributed by atoms with Gasteiger partial charge < -0.3 is 20.0 Å². The van der Waals surface area contributed by atoms with Crippen molar-refractivity contribution in [2.45, 2.75) is 37.4 Å². The molecule has 41 heavy (non-hydrogen) atoms. The second kappa shape index (κ2) is 10.9. The molecule has 1 amide bonds. The molecule has 0 radical (unpaired) electrons. The highest BCUT2D eigenvalue weighted by Crippen LogP contribution is 2.42. The van der Waals surface area contributed by atoms with Gasteiger partial charge in [0.15, 0.2) is 9.84 Å². The minimum atomic E-state index is -4.80. The predicted octanol–water partition coefficient (Wildman–Crippen LogP) is 4.53. The van der Waals surface area contributed by atoms with Crippen molar-refractivity contribution < 1.29 is 26.4 Å². The van der Waals surface area contributed by atoms with E-state index in [1.807, 2.05) is 19.1 Å². The molecule has 0 aliphatic carbocycles. The lowest BCUT2D eigenvalue weighted by Gasteiger charge is -2.40. The maximum atomic E-state index is 14.0. The molecule has 2 aliphatic heterocycles. The van der Waals surface area contributed by atoms with Crippen molar-refractivity contribution >= 4 is 44.4 Å². The quantitative estimate of drug-likeness (QED) is 0.451. The highest BCUT2D eigenvalue weighted by atomic mass is 32.2. The second-order valence-corrected chi connectivity index (χ2v) is 13.6. The summed E-state index contributed by atoms with van der Waals surface area (Å²) in [6.45, 7) is 6.94. The Morgan fingerprint density at radius 3 is 2.59 bits per heavy atom. The summed E-state index contributed by atoms with van der Waals surface area (Å²) in [6, 6.07) is 7.36. The van der Waals surface area contributed by atoms with Crippen molar-refractivity contribution in [2.24, 2.45) is 0 Å². The van der Waals surface area contributed by atoms with Crippen LogP contribution < -0.4 is 10.2 Å². The summed E-state index contributed by atoms with van der Waals surface area (Å²) in [6.07, 6.45) is -3.45. The monoisotopic (exact) mass is 608 g/mol. The van der Waals surface area contributed by atoms with Gasteiger partial charge in [0.2, 0.25) is 5.95 Å². The molecule has 1 aromatic carbocycles. The van der Waals surface area contributed by atoms with Gasteiger partial charge in [0.1, 0.15) is 10.4 Å². The van der Waals surface area contributed by atoms with Crippen LogP contribution in [-0.4, -0.2) is 86.2 Å². The number of aromatic nitrogens is 2. The first kappa shape index (κ1) is 29.3. The fourth-order valence-electron chi connectivity index (χ4n) is 5.17. The molecule has 1 atom stereocenters. The van der Waals surface area contributed by atoms with E-state index in [9.17, 15) is 26.4 Å². The van der Waals surface area contributed by atoms with Crippen LogP contribution in [0.1, 0.15) is 34.6 Å². The molecule has 5 rings (SSSR count). The lowest BCUT2D eigenvalue weighted by molar-refractivity contribution is -0.137. The largest absolute Gasteiger partial charge is 0.420 e. The third kappa shape index (κ3) is 5.77. The van der Waals surface area contributed by atoms with E-state index >= 15 is 0 Å². The molecule has 2 aromatic heterocycles. The third-order valence-corrected chi connectivity index (χ3v) is 10.4. The number of anilines is 3. The van der Waals surface area contributed by atoms with Gasteiger partial charge in [0, 0.05) is 56.8 Å². The minimum absolute atomic E-state index is 0.000448. The molecule has 4 heterocycles. The molecule has 1 saturated heterocycles. The zero-order chi connectivity index (χ0) is 29.7. The number of likely N-dealkylation sites (N-methyl/N-ethyl adjacent to an activating group) is 1. The van der Waals surface area contributed by atoms with Crippen molar-refractivity contribution in [3.05, 3.63) is 46.5 Å². The molecule has 3 aromatic rings. The number of aryl methyl sites for hydroxylation is 1. The van der Waals surface area contributed by atoms with Crippen molar-refractivity contribution in [3.63, 3.8) is 0 Å². The number of fused-ring (bicyclic) bond motifs is 1. The zero-order valence-corrected chi connectivity index (χ0v) is 24.8. The molecule has 1 N–H and O–H groups in total. The number of hydrogen-bond acceptors (Lipinski definition) is 9. The van der Waals surface area contributed by atoms with Gasteiger partial charge in [-0.05, 0) is 50.2 Å². The van der Waals surface area contributed by atoms with Crippen LogP contribution in [-0.2, 0) is 22.4 Å². The number of thiophene rings is 1. The Balaban J connectivity index is 1.53. The normalized spacial score (nSPS) is 19.7. The summed E-state index contributed by atoms with van der Waals surface area (Å²) in [7, 11) is -0.312. The molecule has 9 nitrogen and oxygen atoms in total. The minimum Gasteiger partial charge on any atom is -0.366 e. The average molecular weight is 609 g/mol. The van der Waals surface area contributed by atoms with E-state index in [1.54, 1.807) is 0 Å². The lowest BCUT2D eigenvalue weighted by Crippen LogP contribution is -2.50. The summed E-state index contributed by atoms with van der Waals surface area (Å²) < 4.78 is 67.7. The smallest absolute Gasteiger partial charge is 0.366 e. The van der Waals surface area contributed by atoms with Gasteiger partial charge in [0.05, 0.1) is 21.2 Å². The number of nitrogens with one attached hydrogen (secondary N) is 1. The molecular formula is C27H31F3N6O3S2. The van der Waals surface area contributed by atoms with Crippen LogP contribution in [0.15, 0.2) is 35.4 Å². The van der Waals surface area contributed by atoms with Gasteiger partial charge in [-0.1, -0.05) is 6.92 Å². The number of alkyl halides is 3. The van der Waals surface area contributed by atoms with Gasteiger partial charge in [-0.3, -0.25) is 4.79 Å². The first-order chi connectivity index (χ1) is 19.3. The Hall–Kier alpha value is -3.23. The summed E-state index contributed by atoms with van der Waals surface area (Å²) in [5.74, 6) is -0.942. The van der Waals surface area contributed by atoms with Gasteiger partial charge in [-0.15, -0.1) is 11.3 Å². The predicted molar refractivity (Wildman–Crippen MR) is 153 cm³/mol. The molecule has 0 saturated carbocycles. The number of sulfone groups is 1. The Morgan fingerprint density at radius 1 is 1.15 bits per heavy atom. The number of rotatable bonds is 5. The summed E-state index contributed by atoms with van der Waals surface area (Å²) in [5.41, 5.74) is 1.07. The van der Waals surface area contributed by atoms with Crippen LogP contribution in [0.4, 0.5) is 30.5 Å². The van der Waals surface area contributed by atoms with Crippen molar-refractivity contribution in [1.82, 2.24) is 19.8 Å². The van der Waals surface area contributed by atoms with Crippen molar-refractivity contribution in [3.8, 4) is 10.6 Å². The number of nitrogens with zero attached hydrogens (tertiary/aromatic N) is 5. The van der Waals surface area contributed by atoms with Gasteiger partial charge in [-0.25, -0.2) is 18.4 Å². The molecule has 0 spiro atoms. The van der Waals surface area contributed by atoms with E-state index < -0.39 is 33.2 Å². The number of halogens is 3. The van der Waals surface area contributed by atoms with Crippen LogP contribution in [0.25, 0.3) is 10.6 Å². The average Bonchev–Trinajstić information content (AvgIpc) is 3.35. The molecular weight excluding hydrogens is 577 g/mol. The topological polar surface area (TPSA) is 98.7 Å². The van der Waals surface area contributed by atoms with Crippen molar-refractivity contribution in [1.29, 1.82) is 0 Å². The second-order valence-electron chi connectivity index (χ2n) is 10.4. The Bertz CT molecular complexity index is 1590. The number of piperazine rings is 1. The van der Waals surface area contributed by atoms with Gasteiger partial charge in [0.25, 0.3) is 5.91 Å². The molecule has 220 valence electrons. The van der Waals surface area contributed by atoms with E-state index in [-0.39, 0.29) is 32.9 Å². The number of carbonyl (C=O) groups is 1. The summed E-state index contributed by atoms with van der Waals surface area (Å²) >= 11 is 0.690.